The summed E-state index contributed by atoms with van der Waals surface area (Å²) in [5.74, 6) is 0.850. The molecule has 0 radical (unpaired) electrons. The van der Waals surface area contributed by atoms with Crippen molar-refractivity contribution in [2.24, 2.45) is 11.1 Å². The molecule has 0 fully saturated rings. The zero-order valence-corrected chi connectivity index (χ0v) is 10.6. The van der Waals surface area contributed by atoms with Gasteiger partial charge in [-0.25, -0.2) is 0 Å². The van der Waals surface area contributed by atoms with Crippen LogP contribution in [0.5, 0.6) is 5.75 Å². The third-order valence-electron chi connectivity index (χ3n) is 2.65. The van der Waals surface area contributed by atoms with E-state index in [0.29, 0.717) is 13.2 Å². The Balaban J connectivity index is 2.34. The summed E-state index contributed by atoms with van der Waals surface area (Å²) >= 11 is 0. The Morgan fingerprint density at radius 3 is 2.82 bits per heavy atom. The zero-order chi connectivity index (χ0) is 12.7. The van der Waals surface area contributed by atoms with Gasteiger partial charge in [0, 0.05) is 6.54 Å². The van der Waals surface area contributed by atoms with E-state index < -0.39 is 0 Å². The number of nitrogens with zero attached hydrogens (tertiary/aromatic N) is 1. The number of ether oxygens (including phenoxy) is 1. The first-order valence-corrected chi connectivity index (χ1v) is 5.90. The van der Waals surface area contributed by atoms with Crippen molar-refractivity contribution in [3.05, 3.63) is 29.8 Å². The van der Waals surface area contributed by atoms with E-state index >= 15 is 0 Å². The lowest BCUT2D eigenvalue weighted by atomic mass is 9.90. The Morgan fingerprint density at radius 1 is 1.41 bits per heavy atom. The molecule has 3 heteroatoms. The summed E-state index contributed by atoms with van der Waals surface area (Å²) in [6.07, 6.45) is 1.73. The zero-order valence-electron chi connectivity index (χ0n) is 10.6. The van der Waals surface area contributed by atoms with Crippen molar-refractivity contribution in [2.75, 3.05) is 6.61 Å². The van der Waals surface area contributed by atoms with Crippen molar-refractivity contribution in [3.8, 4) is 11.8 Å². The molecule has 2 N–H and O–H groups in total. The van der Waals surface area contributed by atoms with Crippen molar-refractivity contribution < 1.29 is 4.74 Å². The van der Waals surface area contributed by atoms with Crippen LogP contribution in [0.25, 0.3) is 0 Å². The maximum Gasteiger partial charge on any atom is 0.119 e. The molecule has 3 nitrogen and oxygen atoms in total. The van der Waals surface area contributed by atoms with E-state index in [1.807, 2.05) is 38.1 Å². The maximum absolute atomic E-state index is 8.87. The van der Waals surface area contributed by atoms with Crippen LogP contribution in [-0.4, -0.2) is 6.61 Å². The highest BCUT2D eigenvalue weighted by Crippen LogP contribution is 2.21. The van der Waals surface area contributed by atoms with E-state index in [2.05, 4.69) is 6.07 Å². The predicted octanol–water partition coefficient (Wildman–Crippen LogP) is 2.85. The molecule has 92 valence electrons. The molecule has 0 aliphatic rings. The average Bonchev–Trinajstić information content (AvgIpc) is 2.35. The Kier molecular flexibility index (Phi) is 4.99. The molecule has 1 aromatic carbocycles. The minimum absolute atomic E-state index is 0.261. The molecular formula is C14H20N2O. The smallest absolute Gasteiger partial charge is 0.119 e. The van der Waals surface area contributed by atoms with E-state index in [-0.39, 0.29) is 5.41 Å². The van der Waals surface area contributed by atoms with E-state index in [1.54, 1.807) is 0 Å². The van der Waals surface area contributed by atoms with Crippen LogP contribution in [0, 0.1) is 16.7 Å². The van der Waals surface area contributed by atoms with Gasteiger partial charge in [0.25, 0.3) is 0 Å². The second-order valence-corrected chi connectivity index (χ2v) is 4.80. The number of nitrogens with two attached hydrogens (primary N) is 1. The minimum Gasteiger partial charge on any atom is -0.494 e. The summed E-state index contributed by atoms with van der Waals surface area (Å²) in [5, 5.41) is 8.87. The van der Waals surface area contributed by atoms with Crippen molar-refractivity contribution in [1.82, 2.24) is 0 Å². The van der Waals surface area contributed by atoms with Crippen molar-refractivity contribution in [3.63, 3.8) is 0 Å². The Hall–Kier alpha value is -1.53. The number of hydrogen-bond acceptors (Lipinski definition) is 3. The van der Waals surface area contributed by atoms with Gasteiger partial charge in [0.1, 0.15) is 5.75 Å². The molecule has 0 saturated carbocycles. The molecule has 0 spiro atoms. The van der Waals surface area contributed by atoms with Crippen molar-refractivity contribution >= 4 is 0 Å². The van der Waals surface area contributed by atoms with Gasteiger partial charge in [-0.2, -0.15) is 5.26 Å². The van der Waals surface area contributed by atoms with Gasteiger partial charge in [0.2, 0.25) is 0 Å². The Bertz CT molecular complexity index is 393. The average molecular weight is 232 g/mol. The minimum atomic E-state index is -0.261. The van der Waals surface area contributed by atoms with Crippen LogP contribution in [0.2, 0.25) is 0 Å². The second kappa shape index (κ2) is 6.27. The normalized spacial score (nSPS) is 10.9. The van der Waals surface area contributed by atoms with Gasteiger partial charge < -0.3 is 10.5 Å². The highest BCUT2D eigenvalue weighted by atomic mass is 16.5. The molecule has 0 aliphatic heterocycles. The molecule has 1 aromatic rings. The molecule has 0 aromatic heterocycles. The monoisotopic (exact) mass is 232 g/mol. The third-order valence-corrected chi connectivity index (χ3v) is 2.65. The molecule has 0 heterocycles. The molecule has 0 bridgehead atoms. The van der Waals surface area contributed by atoms with Gasteiger partial charge in [-0.3, -0.25) is 0 Å². The molecule has 0 atom stereocenters. The summed E-state index contributed by atoms with van der Waals surface area (Å²) in [5.41, 5.74) is 6.36. The lowest BCUT2D eigenvalue weighted by Crippen LogP contribution is -2.10. The van der Waals surface area contributed by atoms with Gasteiger partial charge in [0.15, 0.2) is 0 Å². The largest absolute Gasteiger partial charge is 0.494 e. The standard InChI is InChI=1S/C14H20N2O/c1-14(2,11-16)7-4-8-17-13-6-3-5-12(9-13)10-15/h3,5-6,9H,4,7-8,10,15H2,1-2H3. The topological polar surface area (TPSA) is 59.0 Å². The highest BCUT2D eigenvalue weighted by molar-refractivity contribution is 5.28. The van der Waals surface area contributed by atoms with Crippen LogP contribution in [0.1, 0.15) is 32.3 Å². The van der Waals surface area contributed by atoms with Crippen molar-refractivity contribution in [2.45, 2.75) is 33.2 Å². The fourth-order valence-corrected chi connectivity index (χ4v) is 1.52. The molecule has 0 unspecified atom stereocenters. The second-order valence-electron chi connectivity index (χ2n) is 4.80. The number of nitriles is 1. The predicted molar refractivity (Wildman–Crippen MR) is 68.5 cm³/mol. The van der Waals surface area contributed by atoms with Crippen LogP contribution in [0.4, 0.5) is 0 Å². The van der Waals surface area contributed by atoms with E-state index in [4.69, 9.17) is 15.7 Å². The van der Waals surface area contributed by atoms with Crippen LogP contribution < -0.4 is 10.5 Å². The molecule has 1 rings (SSSR count). The number of rotatable bonds is 6. The molecule has 17 heavy (non-hydrogen) atoms. The summed E-state index contributed by atoms with van der Waals surface area (Å²) in [4.78, 5) is 0. The maximum atomic E-state index is 8.87. The first-order chi connectivity index (χ1) is 8.07. The first-order valence-electron chi connectivity index (χ1n) is 5.90. The van der Waals surface area contributed by atoms with Crippen LogP contribution in [0.15, 0.2) is 24.3 Å². The van der Waals surface area contributed by atoms with Crippen molar-refractivity contribution in [1.29, 1.82) is 5.26 Å². The SMILES string of the molecule is CC(C)(C#N)CCCOc1cccc(CN)c1. The third kappa shape index (κ3) is 4.88. The molecular weight excluding hydrogens is 212 g/mol. The summed E-state index contributed by atoms with van der Waals surface area (Å²) in [6.45, 7) is 5.06. The fourth-order valence-electron chi connectivity index (χ4n) is 1.52. The lowest BCUT2D eigenvalue weighted by molar-refractivity contribution is 0.284. The quantitative estimate of drug-likeness (QED) is 0.767. The van der Waals surface area contributed by atoms with Gasteiger partial charge in [-0.1, -0.05) is 12.1 Å². The van der Waals surface area contributed by atoms with E-state index in [9.17, 15) is 0 Å². The Morgan fingerprint density at radius 2 is 2.18 bits per heavy atom. The Labute approximate surface area is 103 Å². The molecule has 0 aliphatic carbocycles. The first kappa shape index (κ1) is 13.5. The van der Waals surface area contributed by atoms with Gasteiger partial charge in [-0.05, 0) is 44.4 Å². The number of benzene rings is 1. The van der Waals surface area contributed by atoms with E-state index in [0.717, 1.165) is 24.2 Å². The van der Waals surface area contributed by atoms with Gasteiger partial charge in [0.05, 0.1) is 18.1 Å². The summed E-state index contributed by atoms with van der Waals surface area (Å²) in [6, 6.07) is 10.1. The van der Waals surface area contributed by atoms with Gasteiger partial charge in [-0.15, -0.1) is 0 Å². The van der Waals surface area contributed by atoms with Crippen LogP contribution >= 0.6 is 0 Å². The van der Waals surface area contributed by atoms with E-state index in [1.165, 1.54) is 0 Å². The number of hydrogen-bond donors (Lipinski definition) is 1. The highest BCUT2D eigenvalue weighted by Gasteiger charge is 2.15. The summed E-state index contributed by atoms with van der Waals surface area (Å²) in [7, 11) is 0. The fraction of sp³-hybridized carbons (Fsp3) is 0.500. The molecule has 0 amide bonds. The molecule has 0 saturated heterocycles. The lowest BCUT2D eigenvalue weighted by Gasteiger charge is -2.14. The van der Waals surface area contributed by atoms with Crippen LogP contribution in [0.3, 0.4) is 0 Å². The van der Waals surface area contributed by atoms with Crippen LogP contribution in [-0.2, 0) is 6.54 Å². The van der Waals surface area contributed by atoms with Gasteiger partial charge >= 0.3 is 0 Å². The summed E-state index contributed by atoms with van der Waals surface area (Å²) < 4.78 is 5.62.